The van der Waals surface area contributed by atoms with Gasteiger partial charge >= 0.3 is 0 Å². The molecule has 0 aliphatic heterocycles. The molecule has 3 nitrogen and oxygen atoms in total. The molecule has 0 radical (unpaired) electrons. The van der Waals surface area contributed by atoms with Crippen molar-refractivity contribution in [3.05, 3.63) is 35.9 Å². The van der Waals surface area contributed by atoms with Crippen molar-refractivity contribution in [1.29, 1.82) is 0 Å². The number of rotatable bonds is 7. The van der Waals surface area contributed by atoms with Gasteiger partial charge in [-0.2, -0.15) is 0 Å². The first-order chi connectivity index (χ1) is 10.7. The summed E-state index contributed by atoms with van der Waals surface area (Å²) in [6.45, 7) is 6.79. The van der Waals surface area contributed by atoms with Crippen LogP contribution >= 0.6 is 0 Å². The summed E-state index contributed by atoms with van der Waals surface area (Å²) in [5, 5.41) is 3.23. The molecular weight excluding hydrogens is 272 g/mol. The normalized spacial score (nSPS) is 21.8. The molecule has 2 rings (SSSR count). The fourth-order valence-corrected chi connectivity index (χ4v) is 3.25. The highest BCUT2D eigenvalue weighted by atomic mass is 16.2. The number of carbonyl (C=O) groups is 1. The second-order valence-corrected chi connectivity index (χ2v) is 6.72. The van der Waals surface area contributed by atoms with Crippen LogP contribution in [0.5, 0.6) is 0 Å². The maximum atomic E-state index is 12.3. The van der Waals surface area contributed by atoms with Crippen molar-refractivity contribution < 1.29 is 4.79 Å². The van der Waals surface area contributed by atoms with E-state index in [0.29, 0.717) is 12.6 Å². The number of carbonyl (C=O) groups excluding carboxylic acids is 1. The molecule has 1 aliphatic rings. The van der Waals surface area contributed by atoms with Gasteiger partial charge in [-0.3, -0.25) is 9.69 Å². The first-order valence-corrected chi connectivity index (χ1v) is 8.73. The van der Waals surface area contributed by atoms with Crippen molar-refractivity contribution in [1.82, 2.24) is 10.2 Å². The summed E-state index contributed by atoms with van der Waals surface area (Å²) in [4.78, 5) is 14.6. The zero-order valence-corrected chi connectivity index (χ0v) is 14.1. The number of nitrogens with one attached hydrogen (secondary N) is 1. The predicted octanol–water partition coefficient (Wildman–Crippen LogP) is 3.59. The van der Waals surface area contributed by atoms with E-state index in [2.05, 4.69) is 48.3 Å². The van der Waals surface area contributed by atoms with E-state index in [9.17, 15) is 4.79 Å². The molecule has 0 aromatic heterocycles. The standard InChI is InChI=1S/C19H30N2O/c1-3-13-21(14-17-7-5-4-6-8-17)15-19(22)20-18-11-9-16(2)10-12-18/h4-8,16,18H,3,9-15H2,1-2H3,(H,20,22). The molecular formula is C19H30N2O. The van der Waals surface area contributed by atoms with Gasteiger partial charge in [-0.1, -0.05) is 44.2 Å². The Labute approximate surface area is 135 Å². The Morgan fingerprint density at radius 3 is 2.50 bits per heavy atom. The van der Waals surface area contributed by atoms with E-state index in [1.165, 1.54) is 18.4 Å². The van der Waals surface area contributed by atoms with Crippen molar-refractivity contribution in [2.45, 2.75) is 58.5 Å². The van der Waals surface area contributed by atoms with Gasteiger partial charge in [0.1, 0.15) is 0 Å². The van der Waals surface area contributed by atoms with Crippen LogP contribution in [-0.4, -0.2) is 29.9 Å². The third-order valence-corrected chi connectivity index (χ3v) is 4.54. The molecule has 0 unspecified atom stereocenters. The van der Waals surface area contributed by atoms with Crippen LogP contribution in [0.25, 0.3) is 0 Å². The van der Waals surface area contributed by atoms with Gasteiger partial charge in [-0.15, -0.1) is 0 Å². The minimum atomic E-state index is 0.184. The predicted molar refractivity (Wildman–Crippen MR) is 91.6 cm³/mol. The zero-order valence-electron chi connectivity index (χ0n) is 14.1. The Hall–Kier alpha value is -1.35. The van der Waals surface area contributed by atoms with Gasteiger partial charge in [-0.25, -0.2) is 0 Å². The SMILES string of the molecule is CCCN(CC(=O)NC1CCC(C)CC1)Cc1ccccc1. The minimum Gasteiger partial charge on any atom is -0.352 e. The topological polar surface area (TPSA) is 32.3 Å². The Morgan fingerprint density at radius 1 is 1.18 bits per heavy atom. The van der Waals surface area contributed by atoms with E-state index in [0.717, 1.165) is 38.3 Å². The molecule has 1 fully saturated rings. The zero-order chi connectivity index (χ0) is 15.8. The van der Waals surface area contributed by atoms with Crippen molar-refractivity contribution in [2.75, 3.05) is 13.1 Å². The Balaban J connectivity index is 1.80. The molecule has 1 N–H and O–H groups in total. The van der Waals surface area contributed by atoms with E-state index >= 15 is 0 Å². The van der Waals surface area contributed by atoms with Crippen LogP contribution in [0, 0.1) is 5.92 Å². The Kier molecular flexibility index (Phi) is 6.91. The average molecular weight is 302 g/mol. The number of nitrogens with zero attached hydrogens (tertiary/aromatic N) is 1. The molecule has 0 atom stereocenters. The molecule has 0 heterocycles. The number of hydrogen-bond donors (Lipinski definition) is 1. The summed E-state index contributed by atoms with van der Waals surface area (Å²) < 4.78 is 0. The number of amides is 1. The van der Waals surface area contributed by atoms with Gasteiger partial charge in [-0.05, 0) is 50.1 Å². The van der Waals surface area contributed by atoms with E-state index in [1.807, 2.05) is 6.07 Å². The monoisotopic (exact) mass is 302 g/mol. The lowest BCUT2D eigenvalue weighted by molar-refractivity contribution is -0.123. The molecule has 0 bridgehead atoms. The van der Waals surface area contributed by atoms with Crippen molar-refractivity contribution in [3.63, 3.8) is 0 Å². The molecule has 122 valence electrons. The van der Waals surface area contributed by atoms with Crippen LogP contribution in [0.15, 0.2) is 30.3 Å². The van der Waals surface area contributed by atoms with Crippen LogP contribution < -0.4 is 5.32 Å². The highest BCUT2D eigenvalue weighted by Crippen LogP contribution is 2.23. The fraction of sp³-hybridized carbons (Fsp3) is 0.632. The van der Waals surface area contributed by atoms with Crippen molar-refractivity contribution >= 4 is 5.91 Å². The van der Waals surface area contributed by atoms with E-state index in [-0.39, 0.29) is 5.91 Å². The number of benzene rings is 1. The summed E-state index contributed by atoms with van der Waals surface area (Å²) >= 11 is 0. The van der Waals surface area contributed by atoms with Crippen molar-refractivity contribution in [2.24, 2.45) is 5.92 Å². The molecule has 1 saturated carbocycles. The lowest BCUT2D eigenvalue weighted by Crippen LogP contribution is -2.43. The lowest BCUT2D eigenvalue weighted by atomic mass is 9.87. The maximum Gasteiger partial charge on any atom is 0.234 e. The first kappa shape index (κ1) is 17.0. The summed E-state index contributed by atoms with van der Waals surface area (Å²) in [6, 6.07) is 10.8. The van der Waals surface area contributed by atoms with E-state index in [4.69, 9.17) is 0 Å². The summed E-state index contributed by atoms with van der Waals surface area (Å²) in [5.74, 6) is 1.01. The second-order valence-electron chi connectivity index (χ2n) is 6.72. The lowest BCUT2D eigenvalue weighted by Gasteiger charge is -2.28. The molecule has 1 aliphatic carbocycles. The highest BCUT2D eigenvalue weighted by Gasteiger charge is 2.20. The van der Waals surface area contributed by atoms with Crippen LogP contribution in [0.4, 0.5) is 0 Å². The number of hydrogen-bond acceptors (Lipinski definition) is 2. The van der Waals surface area contributed by atoms with Gasteiger partial charge in [0.25, 0.3) is 0 Å². The van der Waals surface area contributed by atoms with Crippen LogP contribution in [-0.2, 0) is 11.3 Å². The molecule has 0 spiro atoms. The van der Waals surface area contributed by atoms with Gasteiger partial charge in [0.2, 0.25) is 5.91 Å². The van der Waals surface area contributed by atoms with Crippen molar-refractivity contribution in [3.8, 4) is 0 Å². The largest absolute Gasteiger partial charge is 0.352 e. The Bertz CT molecular complexity index is 438. The van der Waals surface area contributed by atoms with Crippen LogP contribution in [0.1, 0.15) is 51.5 Å². The Morgan fingerprint density at radius 2 is 1.86 bits per heavy atom. The van der Waals surface area contributed by atoms with E-state index < -0.39 is 0 Å². The van der Waals surface area contributed by atoms with Crippen LogP contribution in [0.2, 0.25) is 0 Å². The third-order valence-electron chi connectivity index (χ3n) is 4.54. The van der Waals surface area contributed by atoms with E-state index in [1.54, 1.807) is 0 Å². The summed E-state index contributed by atoms with van der Waals surface area (Å²) in [7, 11) is 0. The van der Waals surface area contributed by atoms with Gasteiger partial charge in [0.05, 0.1) is 6.54 Å². The molecule has 1 amide bonds. The maximum absolute atomic E-state index is 12.3. The smallest absolute Gasteiger partial charge is 0.234 e. The molecule has 3 heteroatoms. The summed E-state index contributed by atoms with van der Waals surface area (Å²) in [5.41, 5.74) is 1.27. The average Bonchev–Trinajstić information content (AvgIpc) is 2.51. The highest BCUT2D eigenvalue weighted by molar-refractivity contribution is 5.78. The quantitative estimate of drug-likeness (QED) is 0.835. The molecule has 1 aromatic carbocycles. The molecule has 0 saturated heterocycles. The minimum absolute atomic E-state index is 0.184. The fourth-order valence-electron chi connectivity index (χ4n) is 3.25. The molecule has 22 heavy (non-hydrogen) atoms. The van der Waals surface area contributed by atoms with Gasteiger partial charge < -0.3 is 5.32 Å². The van der Waals surface area contributed by atoms with Gasteiger partial charge in [0, 0.05) is 12.6 Å². The third kappa shape index (κ3) is 5.80. The van der Waals surface area contributed by atoms with Crippen LogP contribution in [0.3, 0.4) is 0 Å². The first-order valence-electron chi connectivity index (χ1n) is 8.73. The summed E-state index contributed by atoms with van der Waals surface area (Å²) in [6.07, 6.45) is 5.83. The van der Waals surface area contributed by atoms with Gasteiger partial charge in [0.15, 0.2) is 0 Å². The second kappa shape index (κ2) is 8.94. The molecule has 1 aromatic rings.